The lowest BCUT2D eigenvalue weighted by atomic mass is 9.97. The van der Waals surface area contributed by atoms with Crippen LogP contribution < -0.4 is 20.7 Å². The predicted molar refractivity (Wildman–Crippen MR) is 163 cm³/mol. The lowest BCUT2D eigenvalue weighted by Gasteiger charge is -2.27. The fourth-order valence-electron chi connectivity index (χ4n) is 4.37. The summed E-state index contributed by atoms with van der Waals surface area (Å²) in [7, 11) is 0. The molecule has 0 aliphatic rings. The summed E-state index contributed by atoms with van der Waals surface area (Å²) in [5.74, 6) is -0.326. The van der Waals surface area contributed by atoms with E-state index in [-0.39, 0.29) is 36.8 Å². The Kier molecular flexibility index (Phi) is 14.6. The van der Waals surface area contributed by atoms with E-state index in [4.69, 9.17) is 9.47 Å². The zero-order chi connectivity index (χ0) is 31.1. The van der Waals surface area contributed by atoms with Gasteiger partial charge in [-0.3, -0.25) is 14.4 Å². The standard InChI is InChI=1S/C33H47N3O6/c1-22(2)17-27(30(37)21-41-26-15-11-8-12-16-26)34-31(38)28(18-23(3)4)35-32(39)29(19-24(5)6)36-33(40)42-20-25-13-9-7-10-14-25/h7-16,22-24,27-29H,17-21H2,1-6H3,(H,34,38)(H,35,39)(H,36,40)/t27-,28-,29-/m0/s1. The zero-order valence-corrected chi connectivity index (χ0v) is 25.7. The van der Waals surface area contributed by atoms with E-state index in [1.54, 1.807) is 12.1 Å². The number of Topliss-reactive ketones (excluding diaryl/α,β-unsaturated/α-hetero) is 1. The van der Waals surface area contributed by atoms with Crippen molar-refractivity contribution in [1.82, 2.24) is 16.0 Å². The molecule has 3 atom stereocenters. The number of rotatable bonds is 17. The molecular weight excluding hydrogens is 534 g/mol. The molecule has 0 saturated heterocycles. The Bertz CT molecular complexity index is 1120. The molecule has 0 unspecified atom stereocenters. The van der Waals surface area contributed by atoms with Crippen molar-refractivity contribution in [2.45, 2.75) is 85.5 Å². The summed E-state index contributed by atoms with van der Waals surface area (Å²) < 4.78 is 11.0. The van der Waals surface area contributed by atoms with Crippen LogP contribution in [0.15, 0.2) is 60.7 Å². The molecule has 0 aliphatic heterocycles. The third kappa shape index (κ3) is 13.2. The number of benzene rings is 2. The summed E-state index contributed by atoms with van der Waals surface area (Å²) in [6.45, 7) is 11.6. The maximum absolute atomic E-state index is 13.5. The van der Waals surface area contributed by atoms with Gasteiger partial charge in [-0.05, 0) is 54.7 Å². The highest BCUT2D eigenvalue weighted by Gasteiger charge is 2.31. The number of hydrogen-bond acceptors (Lipinski definition) is 6. The Morgan fingerprint density at radius 2 is 1.07 bits per heavy atom. The quantitative estimate of drug-likeness (QED) is 0.241. The molecule has 0 saturated carbocycles. The fraction of sp³-hybridized carbons (Fsp3) is 0.515. The lowest BCUT2D eigenvalue weighted by molar-refractivity contribution is -0.133. The van der Waals surface area contributed by atoms with Crippen molar-refractivity contribution in [3.8, 4) is 5.75 Å². The Morgan fingerprint density at radius 3 is 1.60 bits per heavy atom. The predicted octanol–water partition coefficient (Wildman–Crippen LogP) is 5.04. The van der Waals surface area contributed by atoms with Crippen LogP contribution in [0.5, 0.6) is 5.75 Å². The van der Waals surface area contributed by atoms with Crippen LogP contribution in [-0.2, 0) is 25.7 Å². The van der Waals surface area contributed by atoms with Crippen molar-refractivity contribution in [1.29, 1.82) is 0 Å². The number of ether oxygens (including phenoxy) is 2. The van der Waals surface area contributed by atoms with Gasteiger partial charge in [0.25, 0.3) is 0 Å². The van der Waals surface area contributed by atoms with Gasteiger partial charge in [-0.25, -0.2) is 4.79 Å². The lowest BCUT2D eigenvalue weighted by Crippen LogP contribution is -2.56. The van der Waals surface area contributed by atoms with E-state index in [1.807, 2.05) is 90.1 Å². The van der Waals surface area contributed by atoms with Crippen LogP contribution in [0.1, 0.15) is 66.4 Å². The number of amides is 3. The van der Waals surface area contributed by atoms with Crippen LogP contribution in [-0.4, -0.2) is 48.4 Å². The van der Waals surface area contributed by atoms with E-state index >= 15 is 0 Å². The summed E-state index contributed by atoms with van der Waals surface area (Å²) in [6, 6.07) is 15.7. The van der Waals surface area contributed by atoms with Crippen LogP contribution in [0.3, 0.4) is 0 Å². The van der Waals surface area contributed by atoms with Gasteiger partial charge in [-0.2, -0.15) is 0 Å². The first-order valence-electron chi connectivity index (χ1n) is 14.7. The molecule has 0 aliphatic carbocycles. The van der Waals surface area contributed by atoms with E-state index in [2.05, 4.69) is 16.0 Å². The van der Waals surface area contributed by atoms with E-state index in [9.17, 15) is 19.2 Å². The topological polar surface area (TPSA) is 123 Å². The van der Waals surface area contributed by atoms with Crippen LogP contribution in [0.25, 0.3) is 0 Å². The molecule has 2 aromatic rings. The molecule has 3 amide bonds. The van der Waals surface area contributed by atoms with Crippen molar-refractivity contribution in [2.24, 2.45) is 17.8 Å². The van der Waals surface area contributed by atoms with Gasteiger partial charge in [0.15, 0.2) is 5.78 Å². The first-order valence-corrected chi connectivity index (χ1v) is 14.7. The van der Waals surface area contributed by atoms with Crippen molar-refractivity contribution in [2.75, 3.05) is 6.61 Å². The molecule has 3 N–H and O–H groups in total. The van der Waals surface area contributed by atoms with Gasteiger partial charge < -0.3 is 25.4 Å². The van der Waals surface area contributed by atoms with Gasteiger partial charge in [0.1, 0.15) is 31.0 Å². The Balaban J connectivity index is 2.08. The molecule has 0 radical (unpaired) electrons. The number of hydrogen-bond donors (Lipinski definition) is 3. The van der Waals surface area contributed by atoms with E-state index in [0.717, 1.165) is 5.56 Å². The molecule has 0 heterocycles. The van der Waals surface area contributed by atoms with Crippen LogP contribution in [0, 0.1) is 17.8 Å². The third-order valence-electron chi connectivity index (χ3n) is 6.41. The molecule has 2 rings (SSSR count). The first kappa shape index (κ1) is 34.3. The molecule has 230 valence electrons. The van der Waals surface area contributed by atoms with E-state index < -0.39 is 36.0 Å². The Hall–Kier alpha value is -3.88. The maximum atomic E-state index is 13.5. The molecule has 0 fully saturated rings. The largest absolute Gasteiger partial charge is 0.486 e. The fourth-order valence-corrected chi connectivity index (χ4v) is 4.37. The summed E-state index contributed by atoms with van der Waals surface area (Å²) in [5, 5.41) is 8.34. The minimum absolute atomic E-state index is 0.0698. The molecule has 9 heteroatoms. The molecule has 0 bridgehead atoms. The van der Waals surface area contributed by atoms with Gasteiger partial charge in [0, 0.05) is 0 Å². The summed E-state index contributed by atoms with van der Waals surface area (Å²) >= 11 is 0. The molecule has 0 spiro atoms. The summed E-state index contributed by atoms with van der Waals surface area (Å²) in [4.78, 5) is 52.5. The van der Waals surface area contributed by atoms with E-state index in [1.165, 1.54) is 0 Å². The normalized spacial score (nSPS) is 13.3. The minimum Gasteiger partial charge on any atom is -0.486 e. The molecule has 42 heavy (non-hydrogen) atoms. The van der Waals surface area contributed by atoms with Crippen molar-refractivity contribution in [3.63, 3.8) is 0 Å². The summed E-state index contributed by atoms with van der Waals surface area (Å²) in [5.41, 5.74) is 0.825. The first-order chi connectivity index (χ1) is 19.9. The van der Waals surface area contributed by atoms with Gasteiger partial charge in [-0.15, -0.1) is 0 Å². The van der Waals surface area contributed by atoms with Crippen LogP contribution in [0.4, 0.5) is 4.79 Å². The average Bonchev–Trinajstić information content (AvgIpc) is 2.94. The van der Waals surface area contributed by atoms with Crippen molar-refractivity contribution in [3.05, 3.63) is 66.2 Å². The number of para-hydroxylation sites is 1. The Morgan fingerprint density at radius 1 is 0.619 bits per heavy atom. The number of carbonyl (C=O) groups excluding carboxylic acids is 4. The average molecular weight is 582 g/mol. The van der Waals surface area contributed by atoms with Gasteiger partial charge in [-0.1, -0.05) is 90.1 Å². The Labute approximate surface area is 250 Å². The second kappa shape index (κ2) is 17.8. The molecule has 2 aromatic carbocycles. The molecular formula is C33H47N3O6. The highest BCUT2D eigenvalue weighted by atomic mass is 16.5. The number of ketones is 1. The smallest absolute Gasteiger partial charge is 0.408 e. The van der Waals surface area contributed by atoms with Crippen LogP contribution >= 0.6 is 0 Å². The number of carbonyl (C=O) groups is 4. The second-order valence-corrected chi connectivity index (χ2v) is 11.8. The minimum atomic E-state index is -0.900. The summed E-state index contributed by atoms with van der Waals surface area (Å²) in [6.07, 6.45) is 0.419. The van der Waals surface area contributed by atoms with Gasteiger partial charge in [0.2, 0.25) is 11.8 Å². The molecule has 0 aromatic heterocycles. The van der Waals surface area contributed by atoms with E-state index in [0.29, 0.717) is 25.0 Å². The van der Waals surface area contributed by atoms with Crippen LogP contribution in [0.2, 0.25) is 0 Å². The number of nitrogens with one attached hydrogen (secondary N) is 3. The second-order valence-electron chi connectivity index (χ2n) is 11.8. The third-order valence-corrected chi connectivity index (χ3v) is 6.41. The highest BCUT2D eigenvalue weighted by Crippen LogP contribution is 2.13. The van der Waals surface area contributed by atoms with Crippen molar-refractivity contribution >= 4 is 23.7 Å². The van der Waals surface area contributed by atoms with Crippen molar-refractivity contribution < 1.29 is 28.7 Å². The maximum Gasteiger partial charge on any atom is 0.408 e. The van der Waals surface area contributed by atoms with Gasteiger partial charge in [0.05, 0.1) is 6.04 Å². The highest BCUT2D eigenvalue weighted by molar-refractivity contribution is 5.94. The zero-order valence-electron chi connectivity index (χ0n) is 25.7. The molecule has 9 nitrogen and oxygen atoms in total. The van der Waals surface area contributed by atoms with Gasteiger partial charge >= 0.3 is 6.09 Å². The monoisotopic (exact) mass is 581 g/mol. The number of alkyl carbamates (subject to hydrolysis) is 1. The SMILES string of the molecule is CC(C)C[C@H](NC(=O)[C@H](CC(C)C)NC(=O)[C@H](CC(C)C)NC(=O)OCc1ccccc1)C(=O)COc1ccccc1.